The number of piperidine rings is 1. The van der Waals surface area contributed by atoms with Crippen molar-refractivity contribution in [2.24, 2.45) is 0 Å². The summed E-state index contributed by atoms with van der Waals surface area (Å²) in [5.41, 5.74) is 2.69. The lowest BCUT2D eigenvalue weighted by molar-refractivity contribution is -0.132. The van der Waals surface area contributed by atoms with Crippen LogP contribution in [0.15, 0.2) is 53.5 Å². The van der Waals surface area contributed by atoms with E-state index >= 15 is 0 Å². The number of aromatic amines is 1. The molecule has 1 saturated heterocycles. The third-order valence-electron chi connectivity index (χ3n) is 5.71. The maximum Gasteiger partial charge on any atom is 0.257 e. The van der Waals surface area contributed by atoms with E-state index in [9.17, 15) is 9.59 Å². The molecule has 1 aromatic carbocycles. The first-order valence-electron chi connectivity index (χ1n) is 10.0. The summed E-state index contributed by atoms with van der Waals surface area (Å²) in [7, 11) is 1.65. The number of nitrogens with zero attached hydrogens (tertiary/aromatic N) is 2. The minimum absolute atomic E-state index is 0.0939. The lowest BCUT2D eigenvalue weighted by Crippen LogP contribution is -2.38. The molecular formula is C23H25N3O3. The van der Waals surface area contributed by atoms with Crippen molar-refractivity contribution in [1.29, 1.82) is 0 Å². The number of carbonyl (C=O) groups is 1. The number of likely N-dealkylation sites (tertiary alicyclic amines) is 1. The van der Waals surface area contributed by atoms with Gasteiger partial charge in [-0.3, -0.25) is 14.6 Å². The Morgan fingerprint density at radius 2 is 1.97 bits per heavy atom. The van der Waals surface area contributed by atoms with Crippen LogP contribution in [0.4, 0.5) is 0 Å². The number of aryl methyl sites for hydroxylation is 1. The Hall–Kier alpha value is -3.15. The lowest BCUT2D eigenvalue weighted by atomic mass is 9.92. The van der Waals surface area contributed by atoms with Crippen LogP contribution in [0, 0.1) is 0 Å². The number of ether oxygens (including phenoxy) is 1. The summed E-state index contributed by atoms with van der Waals surface area (Å²) in [6.45, 7) is 1.43. The highest BCUT2D eigenvalue weighted by molar-refractivity contribution is 5.78. The van der Waals surface area contributed by atoms with Gasteiger partial charge in [0.1, 0.15) is 5.75 Å². The highest BCUT2D eigenvalue weighted by Crippen LogP contribution is 2.27. The normalized spacial score (nSPS) is 14.9. The first-order valence-corrected chi connectivity index (χ1v) is 10.0. The Bertz CT molecular complexity index is 1050. The molecule has 3 aromatic rings. The van der Waals surface area contributed by atoms with Crippen molar-refractivity contribution in [3.63, 3.8) is 0 Å². The van der Waals surface area contributed by atoms with Gasteiger partial charge in [-0.1, -0.05) is 12.1 Å². The number of methoxy groups -OCH3 is 1. The second-order valence-electron chi connectivity index (χ2n) is 7.49. The van der Waals surface area contributed by atoms with Crippen molar-refractivity contribution in [1.82, 2.24) is 14.9 Å². The monoisotopic (exact) mass is 391 g/mol. The van der Waals surface area contributed by atoms with Gasteiger partial charge in [-0.05, 0) is 55.2 Å². The van der Waals surface area contributed by atoms with Crippen molar-refractivity contribution in [2.45, 2.75) is 31.6 Å². The number of H-pyrrole nitrogens is 1. The molecule has 0 bridgehead atoms. The molecule has 150 valence electrons. The summed E-state index contributed by atoms with van der Waals surface area (Å²) >= 11 is 0. The van der Waals surface area contributed by atoms with E-state index in [-0.39, 0.29) is 17.4 Å². The summed E-state index contributed by atoms with van der Waals surface area (Å²) in [5, 5.41) is 0.613. The Morgan fingerprint density at radius 1 is 1.21 bits per heavy atom. The largest absolute Gasteiger partial charge is 0.497 e. The molecule has 0 aliphatic carbocycles. The standard InChI is InChI=1S/C23H25N3O3/c1-29-18-7-4-16(5-8-18)6-9-22(27)26-13-10-17(11-14-26)20-15-21-19(23(28)25-20)3-2-12-24-21/h2-5,7-8,12,15,17H,6,9-11,13-14H2,1H3,(H,25,28). The smallest absolute Gasteiger partial charge is 0.257 e. The van der Waals surface area contributed by atoms with Gasteiger partial charge < -0.3 is 14.6 Å². The topological polar surface area (TPSA) is 75.3 Å². The molecule has 6 nitrogen and oxygen atoms in total. The van der Waals surface area contributed by atoms with Gasteiger partial charge in [0, 0.05) is 37.3 Å². The maximum absolute atomic E-state index is 12.6. The van der Waals surface area contributed by atoms with Gasteiger partial charge in [0.05, 0.1) is 18.0 Å². The zero-order valence-corrected chi connectivity index (χ0v) is 16.6. The molecular weight excluding hydrogens is 366 g/mol. The van der Waals surface area contributed by atoms with E-state index in [1.54, 1.807) is 25.4 Å². The summed E-state index contributed by atoms with van der Waals surface area (Å²) in [4.78, 5) is 34.2. The van der Waals surface area contributed by atoms with Gasteiger partial charge in [0.15, 0.2) is 0 Å². The second-order valence-corrected chi connectivity index (χ2v) is 7.49. The fourth-order valence-electron chi connectivity index (χ4n) is 3.97. The summed E-state index contributed by atoms with van der Waals surface area (Å²) < 4.78 is 5.17. The number of carbonyl (C=O) groups excluding carboxylic acids is 1. The number of hydrogen-bond acceptors (Lipinski definition) is 4. The maximum atomic E-state index is 12.6. The number of benzene rings is 1. The third kappa shape index (κ3) is 4.31. The number of nitrogens with one attached hydrogen (secondary N) is 1. The molecule has 1 fully saturated rings. The van der Waals surface area contributed by atoms with Crippen LogP contribution in [0.2, 0.25) is 0 Å². The predicted octanol–water partition coefficient (Wildman–Crippen LogP) is 3.27. The molecule has 0 radical (unpaired) electrons. The van der Waals surface area contributed by atoms with Crippen molar-refractivity contribution >= 4 is 16.8 Å². The van der Waals surface area contributed by atoms with Crippen LogP contribution in [-0.4, -0.2) is 41.0 Å². The van der Waals surface area contributed by atoms with Gasteiger partial charge in [0.2, 0.25) is 5.91 Å². The second kappa shape index (κ2) is 8.47. The number of amides is 1. The van der Waals surface area contributed by atoms with E-state index in [4.69, 9.17) is 4.74 Å². The molecule has 0 atom stereocenters. The minimum atomic E-state index is -0.0939. The Balaban J connectivity index is 1.34. The van der Waals surface area contributed by atoms with Gasteiger partial charge >= 0.3 is 0 Å². The quantitative estimate of drug-likeness (QED) is 0.724. The Morgan fingerprint density at radius 3 is 2.69 bits per heavy atom. The highest BCUT2D eigenvalue weighted by atomic mass is 16.5. The average molecular weight is 391 g/mol. The lowest BCUT2D eigenvalue weighted by Gasteiger charge is -2.32. The van der Waals surface area contributed by atoms with Gasteiger partial charge in [0.25, 0.3) is 5.56 Å². The van der Waals surface area contributed by atoms with Crippen LogP contribution >= 0.6 is 0 Å². The number of pyridine rings is 2. The zero-order chi connectivity index (χ0) is 20.2. The SMILES string of the molecule is COc1ccc(CCC(=O)N2CCC(c3cc4ncccc4c(=O)[nH]3)CC2)cc1. The number of aromatic nitrogens is 2. The molecule has 6 heteroatoms. The fraction of sp³-hybridized carbons (Fsp3) is 0.348. The van der Waals surface area contributed by atoms with Gasteiger partial charge in [-0.2, -0.15) is 0 Å². The fourth-order valence-corrected chi connectivity index (χ4v) is 3.97. The molecule has 2 aromatic heterocycles. The summed E-state index contributed by atoms with van der Waals surface area (Å²) in [6.07, 6.45) is 4.64. The van der Waals surface area contributed by atoms with Crippen molar-refractivity contribution in [3.8, 4) is 5.75 Å². The van der Waals surface area contributed by atoms with Crippen LogP contribution in [0.25, 0.3) is 10.9 Å². The van der Waals surface area contributed by atoms with E-state index in [0.717, 1.165) is 41.8 Å². The van der Waals surface area contributed by atoms with E-state index in [1.807, 2.05) is 35.2 Å². The van der Waals surface area contributed by atoms with Crippen molar-refractivity contribution < 1.29 is 9.53 Å². The third-order valence-corrected chi connectivity index (χ3v) is 5.71. The van der Waals surface area contributed by atoms with Gasteiger partial charge in [-0.25, -0.2) is 0 Å². The first kappa shape index (κ1) is 19.2. The molecule has 1 amide bonds. The number of rotatable bonds is 5. The van der Waals surface area contributed by atoms with Crippen LogP contribution in [0.5, 0.6) is 5.75 Å². The molecule has 4 rings (SSSR count). The van der Waals surface area contributed by atoms with Crippen molar-refractivity contribution in [2.75, 3.05) is 20.2 Å². The molecule has 29 heavy (non-hydrogen) atoms. The van der Waals surface area contributed by atoms with Crippen LogP contribution in [-0.2, 0) is 11.2 Å². The van der Waals surface area contributed by atoms with Crippen molar-refractivity contribution in [3.05, 3.63) is 70.3 Å². The highest BCUT2D eigenvalue weighted by Gasteiger charge is 2.24. The molecule has 1 N–H and O–H groups in total. The minimum Gasteiger partial charge on any atom is -0.497 e. The van der Waals surface area contributed by atoms with Crippen LogP contribution < -0.4 is 10.3 Å². The molecule has 1 aliphatic heterocycles. The number of fused-ring (bicyclic) bond motifs is 1. The first-order chi connectivity index (χ1) is 14.1. The summed E-state index contributed by atoms with van der Waals surface area (Å²) in [6, 6.07) is 13.4. The molecule has 0 unspecified atom stereocenters. The summed E-state index contributed by atoms with van der Waals surface area (Å²) in [5.74, 6) is 1.26. The Labute approximate surface area is 169 Å². The van der Waals surface area contributed by atoms with E-state index < -0.39 is 0 Å². The molecule has 3 heterocycles. The average Bonchev–Trinajstić information content (AvgIpc) is 2.78. The van der Waals surface area contributed by atoms with Crippen LogP contribution in [0.1, 0.15) is 36.4 Å². The van der Waals surface area contributed by atoms with Crippen LogP contribution in [0.3, 0.4) is 0 Å². The zero-order valence-electron chi connectivity index (χ0n) is 16.6. The molecule has 0 saturated carbocycles. The molecule has 0 spiro atoms. The van der Waals surface area contributed by atoms with E-state index in [2.05, 4.69) is 9.97 Å². The van der Waals surface area contributed by atoms with E-state index in [1.165, 1.54) is 0 Å². The Kier molecular flexibility index (Phi) is 5.60. The van der Waals surface area contributed by atoms with E-state index in [0.29, 0.717) is 24.9 Å². The van der Waals surface area contributed by atoms with Gasteiger partial charge in [-0.15, -0.1) is 0 Å². The predicted molar refractivity (Wildman–Crippen MR) is 112 cm³/mol. The number of hydrogen-bond donors (Lipinski definition) is 1. The molecule has 1 aliphatic rings.